The zero-order valence-corrected chi connectivity index (χ0v) is 26.0. The van der Waals surface area contributed by atoms with Crippen molar-refractivity contribution in [3.05, 3.63) is 59.2 Å². The van der Waals surface area contributed by atoms with E-state index in [9.17, 15) is 24.6 Å². The molecule has 1 saturated heterocycles. The fraction of sp³-hybridized carbons (Fsp3) is 0.516. The summed E-state index contributed by atoms with van der Waals surface area (Å²) in [5.74, 6) is -0.609. The predicted octanol–water partition coefficient (Wildman–Crippen LogP) is 3.78. The number of aliphatic hydroxyl groups is 1. The fourth-order valence-electron chi connectivity index (χ4n) is 4.78. The molecule has 0 unspecified atom stereocenters. The van der Waals surface area contributed by atoms with Gasteiger partial charge in [-0.1, -0.05) is 18.2 Å². The second-order valence-corrected chi connectivity index (χ2v) is 13.9. The van der Waals surface area contributed by atoms with E-state index >= 15 is 0 Å². The van der Waals surface area contributed by atoms with Gasteiger partial charge in [-0.3, -0.25) is 14.4 Å². The maximum Gasteiger partial charge on any atom is 0.254 e. The van der Waals surface area contributed by atoms with Gasteiger partial charge in [-0.2, -0.15) is 0 Å². The van der Waals surface area contributed by atoms with Crippen molar-refractivity contribution in [3.63, 3.8) is 0 Å². The lowest BCUT2D eigenvalue weighted by Crippen LogP contribution is -2.60. The molecule has 2 aromatic rings. The Kier molecular flexibility index (Phi) is 10.0. The molecule has 2 aromatic carbocycles. The number of phenols is 1. The highest BCUT2D eigenvalue weighted by atomic mass is 32.2. The first kappa shape index (κ1) is 32.3. The number of hydrogen-bond donors (Lipinski definition) is 4. The third-order valence-electron chi connectivity index (χ3n) is 6.83. The lowest BCUT2D eigenvalue weighted by molar-refractivity contribution is -0.147. The molecule has 1 aliphatic rings. The van der Waals surface area contributed by atoms with Crippen molar-refractivity contribution in [2.75, 3.05) is 5.88 Å². The molecule has 1 aliphatic heterocycles. The molecule has 1 fully saturated rings. The Morgan fingerprint density at radius 2 is 1.76 bits per heavy atom. The van der Waals surface area contributed by atoms with Gasteiger partial charge >= 0.3 is 0 Å². The van der Waals surface area contributed by atoms with Gasteiger partial charge in [0.1, 0.15) is 17.5 Å². The van der Waals surface area contributed by atoms with Crippen LogP contribution in [0.1, 0.15) is 70.0 Å². The first-order chi connectivity index (χ1) is 19.0. The van der Waals surface area contributed by atoms with Gasteiger partial charge in [0.05, 0.1) is 18.0 Å². The Hall–Kier alpha value is -3.24. The minimum atomic E-state index is -1.64. The molecule has 0 radical (unpaired) electrons. The van der Waals surface area contributed by atoms with Crippen LogP contribution in [0.2, 0.25) is 0 Å². The summed E-state index contributed by atoms with van der Waals surface area (Å²) in [7, 11) is 0. The molecule has 9 nitrogen and oxygen atoms in total. The van der Waals surface area contributed by atoms with E-state index in [2.05, 4.69) is 10.6 Å². The maximum absolute atomic E-state index is 13.8. The summed E-state index contributed by atoms with van der Waals surface area (Å²) >= 11 is 1.46. The number of carbonyl (C=O) groups is 3. The highest BCUT2D eigenvalue weighted by molar-refractivity contribution is 8.00. The Morgan fingerprint density at radius 3 is 2.34 bits per heavy atom. The quantitative estimate of drug-likeness (QED) is 0.353. The second-order valence-electron chi connectivity index (χ2n) is 12.3. The number of nitrogens with one attached hydrogen (secondary N) is 2. The largest absolute Gasteiger partial charge is 0.508 e. The van der Waals surface area contributed by atoms with Crippen molar-refractivity contribution in [2.45, 2.75) is 96.4 Å². The molecule has 4 N–H and O–H groups in total. The van der Waals surface area contributed by atoms with Crippen LogP contribution in [0.4, 0.5) is 0 Å². The normalized spacial score (nSPS) is 18.1. The summed E-state index contributed by atoms with van der Waals surface area (Å²) < 4.78 is 5.13. The number of nitrogens with zero attached hydrogens (tertiary/aromatic N) is 1. The van der Waals surface area contributed by atoms with Gasteiger partial charge in [-0.15, -0.1) is 11.8 Å². The summed E-state index contributed by atoms with van der Waals surface area (Å²) in [5, 5.41) is 27.4. The lowest BCUT2D eigenvalue weighted by Gasteiger charge is -2.35. The highest BCUT2D eigenvalue weighted by Crippen LogP contribution is 2.40. The molecule has 0 spiro atoms. The number of thioether (sulfide) groups is 1. The van der Waals surface area contributed by atoms with Gasteiger partial charge in [-0.05, 0) is 91.6 Å². The Morgan fingerprint density at radius 1 is 1.12 bits per heavy atom. The first-order valence-corrected chi connectivity index (χ1v) is 14.8. The van der Waals surface area contributed by atoms with Crippen LogP contribution < -0.4 is 15.4 Å². The zero-order chi connectivity index (χ0) is 30.7. The van der Waals surface area contributed by atoms with Gasteiger partial charge in [0, 0.05) is 21.4 Å². The van der Waals surface area contributed by atoms with Crippen LogP contribution in [0.25, 0.3) is 0 Å². The van der Waals surface area contributed by atoms with Crippen molar-refractivity contribution in [3.8, 4) is 11.5 Å². The van der Waals surface area contributed by atoms with Crippen molar-refractivity contribution in [1.82, 2.24) is 15.5 Å². The Balaban J connectivity index is 1.91. The molecule has 10 heteroatoms. The average molecular weight is 586 g/mol. The monoisotopic (exact) mass is 585 g/mol. The molecular weight excluding hydrogens is 542 g/mol. The molecule has 0 bridgehead atoms. The zero-order valence-electron chi connectivity index (χ0n) is 25.1. The van der Waals surface area contributed by atoms with E-state index in [1.54, 1.807) is 31.2 Å². The summed E-state index contributed by atoms with van der Waals surface area (Å²) in [6.45, 7) is 14.9. The van der Waals surface area contributed by atoms with E-state index in [0.29, 0.717) is 11.3 Å². The van der Waals surface area contributed by atoms with Crippen molar-refractivity contribution in [2.24, 2.45) is 0 Å². The van der Waals surface area contributed by atoms with Crippen LogP contribution in [-0.2, 0) is 16.0 Å². The Bertz CT molecular complexity index is 1260. The number of phenolic OH excluding ortho intramolecular Hbond substituents is 1. The van der Waals surface area contributed by atoms with E-state index in [1.807, 2.05) is 60.6 Å². The molecule has 0 saturated carbocycles. The van der Waals surface area contributed by atoms with E-state index in [-0.39, 0.29) is 35.6 Å². The molecule has 224 valence electrons. The highest BCUT2D eigenvalue weighted by Gasteiger charge is 2.50. The third-order valence-corrected chi connectivity index (χ3v) is 8.20. The number of ether oxygens (including phenoxy) is 1. The molecular formula is C31H43N3O6S. The van der Waals surface area contributed by atoms with E-state index in [1.165, 1.54) is 22.7 Å². The third kappa shape index (κ3) is 8.16. The van der Waals surface area contributed by atoms with E-state index in [4.69, 9.17) is 4.74 Å². The maximum atomic E-state index is 13.8. The average Bonchev–Trinajstić information content (AvgIpc) is 3.19. The molecule has 3 atom stereocenters. The van der Waals surface area contributed by atoms with Crippen LogP contribution in [0.15, 0.2) is 42.5 Å². The van der Waals surface area contributed by atoms with E-state index in [0.717, 1.165) is 5.56 Å². The molecule has 3 amide bonds. The molecule has 3 rings (SSSR count). The number of benzene rings is 2. The summed E-state index contributed by atoms with van der Waals surface area (Å²) in [5.41, 5.74) is 0.880. The Labute approximate surface area is 247 Å². The van der Waals surface area contributed by atoms with Gasteiger partial charge < -0.3 is 30.5 Å². The van der Waals surface area contributed by atoms with Gasteiger partial charge in [0.2, 0.25) is 5.91 Å². The standard InChI is InChI=1S/C31H43N3O6S/c1-18(2)40-21-14-12-20(13-15-21)16-23(32-27(37)22-10-9-11-24(35)19(22)3)25(36)29(39)34-17-41-31(7,8)26(34)28(38)33-30(4,5)6/h9-15,18,23,25-26,35-36H,16-17H2,1-8H3,(H,32,37)(H,33,38)/t23-,25-,26+/m0/s1. The van der Waals surface area contributed by atoms with Crippen LogP contribution in [-0.4, -0.2) is 73.3 Å². The van der Waals surface area contributed by atoms with Gasteiger partial charge in [-0.25, -0.2) is 0 Å². The molecule has 0 aromatic heterocycles. The number of rotatable bonds is 9. The van der Waals surface area contributed by atoms with Crippen LogP contribution in [0.3, 0.4) is 0 Å². The fourth-order valence-corrected chi connectivity index (χ4v) is 5.92. The molecule has 1 heterocycles. The van der Waals surface area contributed by atoms with Crippen LogP contribution >= 0.6 is 11.8 Å². The van der Waals surface area contributed by atoms with Crippen molar-refractivity contribution in [1.29, 1.82) is 0 Å². The van der Waals surface area contributed by atoms with Crippen LogP contribution in [0, 0.1) is 6.92 Å². The number of aromatic hydroxyl groups is 1. The number of amides is 3. The second kappa shape index (κ2) is 12.7. The minimum absolute atomic E-state index is 0.00358. The minimum Gasteiger partial charge on any atom is -0.508 e. The first-order valence-electron chi connectivity index (χ1n) is 13.8. The van der Waals surface area contributed by atoms with E-state index < -0.39 is 40.3 Å². The SMILES string of the molecule is Cc1c(O)cccc1C(=O)N[C@@H](Cc1ccc(OC(C)C)cc1)[C@H](O)C(=O)N1CSC(C)(C)[C@H]1C(=O)NC(C)(C)C. The summed E-state index contributed by atoms with van der Waals surface area (Å²) in [6, 6.07) is 10.0. The number of carbonyl (C=O) groups excluding carboxylic acids is 3. The predicted molar refractivity (Wildman–Crippen MR) is 161 cm³/mol. The van der Waals surface area contributed by atoms with Crippen LogP contribution in [0.5, 0.6) is 11.5 Å². The van der Waals surface area contributed by atoms with Gasteiger partial charge in [0.15, 0.2) is 6.10 Å². The number of hydrogen-bond acceptors (Lipinski definition) is 7. The molecule has 0 aliphatic carbocycles. The van der Waals surface area contributed by atoms with Crippen molar-refractivity contribution < 1.29 is 29.3 Å². The summed E-state index contributed by atoms with van der Waals surface area (Å²) in [6.07, 6.45) is -1.49. The topological polar surface area (TPSA) is 128 Å². The number of aliphatic hydroxyl groups excluding tert-OH is 1. The van der Waals surface area contributed by atoms with Gasteiger partial charge in [0.25, 0.3) is 11.8 Å². The summed E-state index contributed by atoms with van der Waals surface area (Å²) in [4.78, 5) is 41.9. The molecule has 41 heavy (non-hydrogen) atoms. The lowest BCUT2D eigenvalue weighted by atomic mass is 9.96. The van der Waals surface area contributed by atoms with Crippen molar-refractivity contribution >= 4 is 29.5 Å². The smallest absolute Gasteiger partial charge is 0.254 e.